The highest BCUT2D eigenvalue weighted by Crippen LogP contribution is 2.30. The van der Waals surface area contributed by atoms with E-state index in [-0.39, 0.29) is 11.9 Å². The summed E-state index contributed by atoms with van der Waals surface area (Å²) in [5.74, 6) is 1.27. The Balaban J connectivity index is 1.41. The fraction of sp³-hybridized carbons (Fsp3) is 0.409. The number of imide groups is 1. The lowest BCUT2D eigenvalue weighted by molar-refractivity contribution is -0.136. The monoisotopic (exact) mass is 451 g/mol. The van der Waals surface area contributed by atoms with Crippen molar-refractivity contribution in [3.05, 3.63) is 53.9 Å². The number of fused-ring (bicyclic) bond motifs is 2. The third kappa shape index (κ3) is 3.58. The number of hydrogen-bond donors (Lipinski definition) is 0. The first kappa shape index (κ1) is 20.7. The van der Waals surface area contributed by atoms with Gasteiger partial charge in [0.1, 0.15) is 0 Å². The minimum atomic E-state index is -0.521. The van der Waals surface area contributed by atoms with E-state index in [4.69, 9.17) is 4.99 Å². The van der Waals surface area contributed by atoms with Gasteiger partial charge in [0.25, 0.3) is 5.91 Å². The Bertz CT molecular complexity index is 1060. The Kier molecular flexibility index (Phi) is 5.46. The number of nitrogens with zero attached hydrogens (tertiary/aromatic N) is 7. The number of guanidine groups is 1. The molecule has 1 fully saturated rings. The maximum Gasteiger partial charge on any atom is 0.328 e. The Morgan fingerprint density at radius 2 is 1.81 bits per heavy atom. The molecule has 5 rings (SSSR count). The van der Waals surface area contributed by atoms with Crippen LogP contribution in [0.5, 0.6) is 0 Å². The second-order valence-electron chi connectivity index (χ2n) is 8.09. The zero-order valence-corrected chi connectivity index (χ0v) is 18.9. The number of carbonyl (C=O) groups is 2. The van der Waals surface area contributed by atoms with Crippen molar-refractivity contribution in [1.82, 2.24) is 29.6 Å². The van der Waals surface area contributed by atoms with Gasteiger partial charge in [-0.2, -0.15) is 0 Å². The van der Waals surface area contributed by atoms with Crippen LogP contribution in [-0.4, -0.2) is 92.6 Å². The van der Waals surface area contributed by atoms with Crippen LogP contribution in [0.15, 0.2) is 52.9 Å². The number of carbonyl (C=O) groups excluding carboxylic acids is 2. The van der Waals surface area contributed by atoms with Gasteiger partial charge in [0, 0.05) is 51.9 Å². The average Bonchev–Trinajstić information content (AvgIpc) is 3.21. The number of aromatic nitrogens is 2. The van der Waals surface area contributed by atoms with Gasteiger partial charge in [0.15, 0.2) is 23.3 Å². The first-order valence-corrected chi connectivity index (χ1v) is 11.6. The van der Waals surface area contributed by atoms with E-state index in [1.807, 2.05) is 0 Å². The molecular formula is C22H25N7O2S. The smallest absolute Gasteiger partial charge is 0.328 e. The summed E-state index contributed by atoms with van der Waals surface area (Å²) in [6.07, 6.45) is 3.85. The Labute approximate surface area is 191 Å². The van der Waals surface area contributed by atoms with E-state index in [1.54, 1.807) is 42.2 Å². The highest BCUT2D eigenvalue weighted by atomic mass is 32.2. The normalized spacial score (nSPS) is 22.8. The van der Waals surface area contributed by atoms with Gasteiger partial charge in [0.05, 0.1) is 0 Å². The molecular weight excluding hydrogens is 426 g/mol. The summed E-state index contributed by atoms with van der Waals surface area (Å²) in [7, 11) is 3.25. The molecule has 0 aliphatic carbocycles. The Morgan fingerprint density at radius 1 is 1.06 bits per heavy atom. The molecule has 2 unspecified atom stereocenters. The maximum absolute atomic E-state index is 13.1. The largest absolute Gasteiger partial charge is 0.338 e. The number of thioether (sulfide) groups is 1. The van der Waals surface area contributed by atoms with Crippen LogP contribution in [0, 0.1) is 0 Å². The van der Waals surface area contributed by atoms with Crippen LogP contribution in [0.2, 0.25) is 0 Å². The van der Waals surface area contributed by atoms with Crippen molar-refractivity contribution in [2.24, 2.45) is 4.99 Å². The SMILES string of the molecule is CN1C(=O)C2C(N=C(N3CCc4ccccc4C3)N2CCSc2ncccn2)N(C)C1=O. The van der Waals surface area contributed by atoms with Crippen molar-refractivity contribution in [3.63, 3.8) is 0 Å². The number of aliphatic imine (C=N–C) groups is 1. The summed E-state index contributed by atoms with van der Waals surface area (Å²) in [6.45, 7) is 2.16. The van der Waals surface area contributed by atoms with E-state index >= 15 is 0 Å². The van der Waals surface area contributed by atoms with Gasteiger partial charge in [-0.1, -0.05) is 36.0 Å². The molecule has 0 radical (unpaired) electrons. The molecule has 9 nitrogen and oxygen atoms in total. The van der Waals surface area contributed by atoms with Gasteiger partial charge in [-0.3, -0.25) is 9.69 Å². The van der Waals surface area contributed by atoms with Crippen LogP contribution in [0.3, 0.4) is 0 Å². The molecule has 3 amide bonds. The predicted molar refractivity (Wildman–Crippen MR) is 121 cm³/mol. The number of hydrogen-bond acceptors (Lipinski definition) is 8. The fourth-order valence-electron chi connectivity index (χ4n) is 4.51. The quantitative estimate of drug-likeness (QED) is 0.515. The molecule has 4 heterocycles. The van der Waals surface area contributed by atoms with Crippen molar-refractivity contribution in [1.29, 1.82) is 0 Å². The fourth-order valence-corrected chi connectivity index (χ4v) is 5.26. The van der Waals surface area contributed by atoms with E-state index in [9.17, 15) is 9.59 Å². The van der Waals surface area contributed by atoms with E-state index in [0.29, 0.717) is 17.5 Å². The van der Waals surface area contributed by atoms with Gasteiger partial charge in [0.2, 0.25) is 0 Å². The molecule has 2 aromatic rings. The number of rotatable bonds is 4. The second kappa shape index (κ2) is 8.42. The molecule has 1 saturated heterocycles. The molecule has 166 valence electrons. The summed E-state index contributed by atoms with van der Waals surface area (Å²) in [6, 6.07) is 9.38. The second-order valence-corrected chi connectivity index (χ2v) is 9.15. The lowest BCUT2D eigenvalue weighted by atomic mass is 10.0. The van der Waals surface area contributed by atoms with Crippen molar-refractivity contribution in [3.8, 4) is 0 Å². The average molecular weight is 452 g/mol. The third-order valence-electron chi connectivity index (χ3n) is 6.21. The Hall–Kier alpha value is -3.14. The zero-order chi connectivity index (χ0) is 22.2. The van der Waals surface area contributed by atoms with Crippen LogP contribution in [0.1, 0.15) is 11.1 Å². The molecule has 1 aromatic heterocycles. The molecule has 0 N–H and O–H groups in total. The van der Waals surface area contributed by atoms with Crippen LogP contribution in [0.25, 0.3) is 0 Å². The first-order valence-electron chi connectivity index (χ1n) is 10.6. The molecule has 32 heavy (non-hydrogen) atoms. The number of amides is 3. The summed E-state index contributed by atoms with van der Waals surface area (Å²) in [4.78, 5) is 46.2. The number of likely N-dealkylation sites (N-methyl/N-ethyl adjacent to an activating group) is 2. The maximum atomic E-state index is 13.1. The summed E-state index contributed by atoms with van der Waals surface area (Å²) < 4.78 is 0. The van der Waals surface area contributed by atoms with Crippen LogP contribution < -0.4 is 0 Å². The minimum absolute atomic E-state index is 0.213. The molecule has 3 aliphatic rings. The molecule has 0 bridgehead atoms. The van der Waals surface area contributed by atoms with Crippen molar-refractivity contribution in [2.75, 3.05) is 32.9 Å². The van der Waals surface area contributed by atoms with Gasteiger partial charge < -0.3 is 14.7 Å². The van der Waals surface area contributed by atoms with E-state index in [0.717, 1.165) is 25.5 Å². The highest BCUT2D eigenvalue weighted by Gasteiger charge is 2.51. The standard InChI is InChI=1S/C22H25N7O2S/c1-26-18-17(19(30)27(2)22(26)31)29(12-13-32-20-23-9-5-10-24-20)21(25-18)28-11-8-15-6-3-4-7-16(15)14-28/h3-7,9-10,17-18H,8,11-14H2,1-2H3. The van der Waals surface area contributed by atoms with Gasteiger partial charge in [-0.15, -0.1) is 0 Å². The summed E-state index contributed by atoms with van der Waals surface area (Å²) >= 11 is 1.54. The van der Waals surface area contributed by atoms with Crippen LogP contribution in [-0.2, 0) is 17.8 Å². The zero-order valence-electron chi connectivity index (χ0n) is 18.1. The first-order chi connectivity index (χ1) is 15.5. The lowest BCUT2D eigenvalue weighted by Gasteiger charge is -2.41. The highest BCUT2D eigenvalue weighted by molar-refractivity contribution is 7.99. The van der Waals surface area contributed by atoms with Gasteiger partial charge in [-0.05, 0) is 23.6 Å². The summed E-state index contributed by atoms with van der Waals surface area (Å²) in [5, 5.41) is 0.702. The third-order valence-corrected chi connectivity index (χ3v) is 7.07. The topological polar surface area (TPSA) is 85.2 Å². The Morgan fingerprint density at radius 3 is 2.59 bits per heavy atom. The van der Waals surface area contributed by atoms with E-state index in [1.165, 1.54) is 23.1 Å². The minimum Gasteiger partial charge on any atom is -0.338 e. The molecule has 3 aliphatic heterocycles. The van der Waals surface area contributed by atoms with E-state index < -0.39 is 12.2 Å². The molecule has 2 atom stereocenters. The molecule has 1 aromatic carbocycles. The van der Waals surface area contributed by atoms with Crippen molar-refractivity contribution in [2.45, 2.75) is 30.3 Å². The van der Waals surface area contributed by atoms with Crippen molar-refractivity contribution < 1.29 is 9.59 Å². The van der Waals surface area contributed by atoms with Crippen LogP contribution >= 0.6 is 11.8 Å². The number of urea groups is 1. The van der Waals surface area contributed by atoms with E-state index in [2.05, 4.69) is 44.0 Å². The van der Waals surface area contributed by atoms with Crippen molar-refractivity contribution >= 4 is 29.7 Å². The lowest BCUT2D eigenvalue weighted by Crippen LogP contribution is -2.64. The molecule has 10 heteroatoms. The summed E-state index contributed by atoms with van der Waals surface area (Å²) in [5.41, 5.74) is 2.63. The van der Waals surface area contributed by atoms with Gasteiger partial charge >= 0.3 is 6.03 Å². The molecule has 0 saturated carbocycles. The van der Waals surface area contributed by atoms with Gasteiger partial charge in [-0.25, -0.2) is 19.8 Å². The number of benzene rings is 1. The van der Waals surface area contributed by atoms with Crippen LogP contribution in [0.4, 0.5) is 4.79 Å². The molecule has 0 spiro atoms. The predicted octanol–water partition coefficient (Wildman–Crippen LogP) is 1.52.